The molecule has 2 rings (SSSR count). The monoisotopic (exact) mass is 254 g/mol. The van der Waals surface area contributed by atoms with Crippen LogP contribution in [0.5, 0.6) is 0 Å². The second kappa shape index (κ2) is 7.11. The minimum absolute atomic E-state index is 0.293. The lowest BCUT2D eigenvalue weighted by molar-refractivity contribution is 0.146. The van der Waals surface area contributed by atoms with Gasteiger partial charge in [-0.3, -0.25) is 0 Å². The summed E-state index contributed by atoms with van der Waals surface area (Å²) in [5.41, 5.74) is 1.40. The average molecular weight is 254 g/mol. The molecular weight excluding hydrogens is 232 g/mol. The third-order valence-corrected chi connectivity index (χ3v) is 4.20. The Bertz CT molecular complexity index is 294. The minimum Gasteiger partial charge on any atom is -0.395 e. The maximum atomic E-state index is 8.88. The van der Waals surface area contributed by atoms with E-state index in [0.29, 0.717) is 6.61 Å². The Hall–Kier alpha value is -0.420. The molecule has 96 valence electrons. The Balaban J connectivity index is 1.58. The molecule has 1 saturated heterocycles. The summed E-state index contributed by atoms with van der Waals surface area (Å²) in [4.78, 5) is 2.36. The van der Waals surface area contributed by atoms with Gasteiger partial charge in [0.05, 0.1) is 6.61 Å². The van der Waals surface area contributed by atoms with E-state index in [9.17, 15) is 0 Å². The van der Waals surface area contributed by atoms with Gasteiger partial charge in [0.2, 0.25) is 0 Å². The standard InChI is InChI=1S/C13H22N2OS/c16-7-6-15-4-1-12(2-5-15)9-14-10-13-3-8-17-11-13/h3,8,11-12,14,16H,1-2,4-7,9-10H2. The fourth-order valence-electron chi connectivity index (χ4n) is 2.37. The van der Waals surface area contributed by atoms with E-state index < -0.39 is 0 Å². The topological polar surface area (TPSA) is 35.5 Å². The molecule has 0 aromatic carbocycles. The van der Waals surface area contributed by atoms with Crippen LogP contribution in [0.15, 0.2) is 16.8 Å². The first kappa shape index (κ1) is 13.0. The molecule has 1 aromatic rings. The van der Waals surface area contributed by atoms with Gasteiger partial charge in [0.1, 0.15) is 0 Å². The summed E-state index contributed by atoms with van der Waals surface area (Å²) in [6, 6.07) is 2.18. The molecule has 3 nitrogen and oxygen atoms in total. The summed E-state index contributed by atoms with van der Waals surface area (Å²) in [5.74, 6) is 0.809. The van der Waals surface area contributed by atoms with Crippen LogP contribution in [-0.4, -0.2) is 42.8 Å². The molecule has 1 aliphatic heterocycles. The Kier molecular flexibility index (Phi) is 5.45. The molecule has 1 aromatic heterocycles. The first-order valence-electron chi connectivity index (χ1n) is 6.43. The fourth-order valence-corrected chi connectivity index (χ4v) is 3.04. The summed E-state index contributed by atoms with van der Waals surface area (Å²) in [5, 5.41) is 16.8. The number of thiophene rings is 1. The van der Waals surface area contributed by atoms with E-state index in [1.807, 2.05) is 0 Å². The molecule has 0 spiro atoms. The normalized spacial score (nSPS) is 18.6. The molecule has 0 aliphatic carbocycles. The highest BCUT2D eigenvalue weighted by Crippen LogP contribution is 2.16. The largest absolute Gasteiger partial charge is 0.395 e. The third kappa shape index (κ3) is 4.39. The van der Waals surface area contributed by atoms with Crippen LogP contribution in [0.25, 0.3) is 0 Å². The van der Waals surface area contributed by atoms with E-state index in [1.165, 1.54) is 18.4 Å². The van der Waals surface area contributed by atoms with Crippen molar-refractivity contribution in [1.29, 1.82) is 0 Å². The van der Waals surface area contributed by atoms with Crippen LogP contribution in [0.1, 0.15) is 18.4 Å². The lowest BCUT2D eigenvalue weighted by atomic mass is 9.97. The summed E-state index contributed by atoms with van der Waals surface area (Å²) in [6.07, 6.45) is 2.52. The van der Waals surface area contributed by atoms with Crippen molar-refractivity contribution < 1.29 is 5.11 Å². The number of hydrogen-bond donors (Lipinski definition) is 2. The third-order valence-electron chi connectivity index (χ3n) is 3.47. The van der Waals surface area contributed by atoms with Crippen molar-refractivity contribution in [3.63, 3.8) is 0 Å². The van der Waals surface area contributed by atoms with Crippen LogP contribution >= 0.6 is 11.3 Å². The predicted octanol–water partition coefficient (Wildman–Crippen LogP) is 1.54. The SMILES string of the molecule is OCCN1CCC(CNCc2ccsc2)CC1. The molecule has 2 heterocycles. The van der Waals surface area contributed by atoms with Gasteiger partial charge >= 0.3 is 0 Å². The molecule has 17 heavy (non-hydrogen) atoms. The maximum Gasteiger partial charge on any atom is 0.0558 e. The van der Waals surface area contributed by atoms with Crippen molar-refractivity contribution >= 4 is 11.3 Å². The van der Waals surface area contributed by atoms with Crippen molar-refractivity contribution in [2.45, 2.75) is 19.4 Å². The van der Waals surface area contributed by atoms with Crippen LogP contribution in [0, 0.1) is 5.92 Å². The van der Waals surface area contributed by atoms with Crippen molar-refractivity contribution in [2.24, 2.45) is 5.92 Å². The average Bonchev–Trinajstić information content (AvgIpc) is 2.85. The summed E-state index contributed by atoms with van der Waals surface area (Å²) < 4.78 is 0. The van der Waals surface area contributed by atoms with Crippen molar-refractivity contribution in [3.05, 3.63) is 22.4 Å². The Morgan fingerprint density at radius 3 is 2.88 bits per heavy atom. The smallest absolute Gasteiger partial charge is 0.0558 e. The number of aliphatic hydroxyl groups is 1. The van der Waals surface area contributed by atoms with E-state index in [4.69, 9.17) is 5.11 Å². The van der Waals surface area contributed by atoms with E-state index >= 15 is 0 Å². The molecule has 0 bridgehead atoms. The Labute approximate surface area is 107 Å². The predicted molar refractivity (Wildman–Crippen MR) is 72.3 cm³/mol. The number of piperidine rings is 1. The van der Waals surface area contributed by atoms with Crippen molar-refractivity contribution in [1.82, 2.24) is 10.2 Å². The molecule has 0 saturated carbocycles. The van der Waals surface area contributed by atoms with Crippen LogP contribution in [0.4, 0.5) is 0 Å². The highest BCUT2D eigenvalue weighted by molar-refractivity contribution is 7.07. The molecule has 2 N–H and O–H groups in total. The van der Waals surface area contributed by atoms with Gasteiger partial charge < -0.3 is 15.3 Å². The molecule has 0 unspecified atom stereocenters. The van der Waals surface area contributed by atoms with Gasteiger partial charge in [0.25, 0.3) is 0 Å². The van der Waals surface area contributed by atoms with Crippen LogP contribution < -0.4 is 5.32 Å². The highest BCUT2D eigenvalue weighted by Gasteiger charge is 2.17. The second-order valence-electron chi connectivity index (χ2n) is 4.77. The van der Waals surface area contributed by atoms with Crippen LogP contribution in [-0.2, 0) is 6.54 Å². The lowest BCUT2D eigenvalue weighted by Crippen LogP contribution is -2.38. The van der Waals surface area contributed by atoms with Gasteiger partial charge in [-0.1, -0.05) is 0 Å². The number of hydrogen-bond acceptors (Lipinski definition) is 4. The number of nitrogens with one attached hydrogen (secondary N) is 1. The van der Waals surface area contributed by atoms with Gasteiger partial charge in [-0.15, -0.1) is 0 Å². The highest BCUT2D eigenvalue weighted by atomic mass is 32.1. The molecular formula is C13H22N2OS. The molecule has 4 heteroatoms. The summed E-state index contributed by atoms with van der Waals surface area (Å²) >= 11 is 1.76. The van der Waals surface area contributed by atoms with Crippen LogP contribution in [0.2, 0.25) is 0 Å². The lowest BCUT2D eigenvalue weighted by Gasteiger charge is -2.31. The number of likely N-dealkylation sites (tertiary alicyclic amines) is 1. The Morgan fingerprint density at radius 1 is 1.41 bits per heavy atom. The van der Waals surface area contributed by atoms with Gasteiger partial charge in [-0.05, 0) is 60.8 Å². The second-order valence-corrected chi connectivity index (χ2v) is 5.55. The zero-order valence-electron chi connectivity index (χ0n) is 10.3. The first-order valence-corrected chi connectivity index (χ1v) is 7.38. The van der Waals surface area contributed by atoms with E-state index in [-0.39, 0.29) is 0 Å². The van der Waals surface area contributed by atoms with Gasteiger partial charge in [-0.25, -0.2) is 0 Å². The Morgan fingerprint density at radius 2 is 2.24 bits per heavy atom. The van der Waals surface area contributed by atoms with Crippen molar-refractivity contribution in [2.75, 3.05) is 32.8 Å². The quantitative estimate of drug-likeness (QED) is 0.808. The van der Waals surface area contributed by atoms with Gasteiger partial charge in [0, 0.05) is 13.1 Å². The van der Waals surface area contributed by atoms with Crippen molar-refractivity contribution in [3.8, 4) is 0 Å². The number of β-amino-alcohol motifs (C(OH)–C–C–N with tert-alkyl or cyclic N) is 1. The molecule has 0 atom stereocenters. The van der Waals surface area contributed by atoms with Gasteiger partial charge in [-0.2, -0.15) is 11.3 Å². The summed E-state index contributed by atoms with van der Waals surface area (Å²) in [6.45, 7) is 5.55. The fraction of sp³-hybridized carbons (Fsp3) is 0.692. The van der Waals surface area contributed by atoms with E-state index in [2.05, 4.69) is 27.0 Å². The number of nitrogens with zero attached hydrogens (tertiary/aromatic N) is 1. The maximum absolute atomic E-state index is 8.88. The number of aliphatic hydroxyl groups excluding tert-OH is 1. The zero-order chi connectivity index (χ0) is 11.9. The van der Waals surface area contributed by atoms with Crippen LogP contribution in [0.3, 0.4) is 0 Å². The number of rotatable bonds is 6. The van der Waals surface area contributed by atoms with E-state index in [0.717, 1.165) is 38.6 Å². The first-order chi connectivity index (χ1) is 8.38. The molecule has 0 radical (unpaired) electrons. The molecule has 1 fully saturated rings. The minimum atomic E-state index is 0.293. The molecule has 0 amide bonds. The zero-order valence-corrected chi connectivity index (χ0v) is 11.1. The van der Waals surface area contributed by atoms with E-state index in [1.54, 1.807) is 11.3 Å². The van der Waals surface area contributed by atoms with Gasteiger partial charge in [0.15, 0.2) is 0 Å². The summed E-state index contributed by atoms with van der Waals surface area (Å²) in [7, 11) is 0. The molecule has 1 aliphatic rings.